The van der Waals surface area contributed by atoms with Gasteiger partial charge in [0.2, 0.25) is 0 Å². The van der Waals surface area contributed by atoms with E-state index in [0.29, 0.717) is 0 Å². The molecule has 2 atom stereocenters. The second kappa shape index (κ2) is 11.6. The molecule has 1 aromatic rings. The van der Waals surface area contributed by atoms with Crippen LogP contribution >= 0.6 is 0 Å². The molecule has 2 amide bonds. The van der Waals surface area contributed by atoms with E-state index in [1.54, 1.807) is 39.3 Å². The van der Waals surface area contributed by atoms with E-state index >= 15 is 0 Å². The van der Waals surface area contributed by atoms with Gasteiger partial charge in [0.1, 0.15) is 43.5 Å². The summed E-state index contributed by atoms with van der Waals surface area (Å²) in [5.74, 6) is -2.65. The fraction of sp³-hybridized carbons (Fsp3) is 0.591. The van der Waals surface area contributed by atoms with Crippen LogP contribution in [0.1, 0.15) is 48.4 Å². The minimum Gasteiger partial charge on any atom is -0.462 e. The van der Waals surface area contributed by atoms with E-state index in [1.807, 2.05) is 0 Å². The van der Waals surface area contributed by atoms with Crippen molar-refractivity contribution in [1.29, 1.82) is 0 Å². The zero-order valence-electron chi connectivity index (χ0n) is 19.2. The zero-order chi connectivity index (χ0) is 23.8. The van der Waals surface area contributed by atoms with E-state index in [4.69, 9.17) is 14.2 Å². The summed E-state index contributed by atoms with van der Waals surface area (Å²) in [5.41, 5.74) is 0.374. The molecule has 0 aliphatic carbocycles. The molecule has 1 aliphatic rings. The number of rotatable bonds is 2. The lowest BCUT2D eigenvalue weighted by molar-refractivity contribution is -0.671. The monoisotopic (exact) mass is 450 g/mol. The first-order valence-corrected chi connectivity index (χ1v) is 10.6. The molecule has 0 saturated heterocycles. The Hall–Kier alpha value is -3.01. The van der Waals surface area contributed by atoms with Crippen LogP contribution in [0, 0.1) is 11.8 Å². The highest BCUT2D eigenvalue weighted by atomic mass is 16.6. The normalized spacial score (nSPS) is 21.8. The number of hydrogen-bond donors (Lipinski definition) is 2. The predicted molar refractivity (Wildman–Crippen MR) is 113 cm³/mol. The first kappa shape index (κ1) is 25.3. The summed E-state index contributed by atoms with van der Waals surface area (Å²) in [4.78, 5) is 50.6. The molecule has 0 saturated carbocycles. The van der Waals surface area contributed by atoms with E-state index in [2.05, 4.69) is 10.6 Å². The molecule has 176 valence electrons. The number of amides is 2. The van der Waals surface area contributed by atoms with E-state index in [0.717, 1.165) is 0 Å². The van der Waals surface area contributed by atoms with Crippen LogP contribution in [0.2, 0.25) is 0 Å². The van der Waals surface area contributed by atoms with Gasteiger partial charge < -0.3 is 24.8 Å². The van der Waals surface area contributed by atoms with Crippen molar-refractivity contribution in [1.82, 2.24) is 10.6 Å². The fourth-order valence-corrected chi connectivity index (χ4v) is 3.10. The lowest BCUT2D eigenvalue weighted by Crippen LogP contribution is -2.47. The molecule has 0 unspecified atom stereocenters. The predicted octanol–water partition coefficient (Wildman–Crippen LogP) is 0.137. The minimum absolute atomic E-state index is 0.000984. The third kappa shape index (κ3) is 7.01. The highest BCUT2D eigenvalue weighted by Crippen LogP contribution is 2.10. The van der Waals surface area contributed by atoms with Crippen molar-refractivity contribution in [3.8, 4) is 0 Å². The summed E-state index contributed by atoms with van der Waals surface area (Å²) < 4.78 is 17.3. The summed E-state index contributed by atoms with van der Waals surface area (Å²) in [7, 11) is 1.67. The van der Waals surface area contributed by atoms with Crippen LogP contribution in [0.4, 0.5) is 0 Å². The van der Waals surface area contributed by atoms with Crippen LogP contribution in [-0.2, 0) is 30.8 Å². The molecule has 10 heteroatoms. The average molecular weight is 451 g/mol. The maximum atomic E-state index is 12.9. The lowest BCUT2D eigenvalue weighted by Gasteiger charge is -2.22. The number of nitrogens with zero attached hydrogens (tertiary/aromatic N) is 1. The quantitative estimate of drug-likeness (QED) is 0.485. The molecule has 10 nitrogen and oxygen atoms in total. The molecule has 1 aromatic heterocycles. The highest BCUT2D eigenvalue weighted by molar-refractivity contribution is 6.01. The van der Waals surface area contributed by atoms with Crippen molar-refractivity contribution < 1.29 is 38.0 Å². The fourth-order valence-electron chi connectivity index (χ4n) is 3.10. The smallest absolute Gasteiger partial charge is 0.328 e. The number of esters is 2. The number of cyclic esters (lactones) is 2. The molecule has 0 spiro atoms. The summed E-state index contributed by atoms with van der Waals surface area (Å²) in [6, 6.07) is -0.321. The molecule has 2 N–H and O–H groups in total. The van der Waals surface area contributed by atoms with Crippen molar-refractivity contribution in [3.63, 3.8) is 0 Å². The Morgan fingerprint density at radius 2 is 1.19 bits per heavy atom. The number of aromatic nitrogens is 1. The summed E-state index contributed by atoms with van der Waals surface area (Å²) >= 11 is 0. The van der Waals surface area contributed by atoms with Crippen LogP contribution in [-0.4, -0.2) is 62.3 Å². The van der Waals surface area contributed by atoms with Crippen molar-refractivity contribution in [3.05, 3.63) is 29.6 Å². The van der Waals surface area contributed by atoms with Crippen molar-refractivity contribution in [2.45, 2.75) is 39.8 Å². The van der Waals surface area contributed by atoms with Gasteiger partial charge in [-0.3, -0.25) is 9.59 Å². The summed E-state index contributed by atoms with van der Waals surface area (Å²) in [6.45, 7) is 7.40. The summed E-state index contributed by atoms with van der Waals surface area (Å²) in [6.07, 6.45) is 3.07. The number of aryl methyl sites for hydroxylation is 1. The van der Waals surface area contributed by atoms with Gasteiger partial charge in [0, 0.05) is 0 Å². The van der Waals surface area contributed by atoms with Crippen LogP contribution in [0.15, 0.2) is 18.5 Å². The molecule has 1 aliphatic heterocycles. The van der Waals surface area contributed by atoms with Gasteiger partial charge in [0.25, 0.3) is 11.8 Å². The van der Waals surface area contributed by atoms with Gasteiger partial charge >= 0.3 is 11.9 Å². The maximum Gasteiger partial charge on any atom is 0.328 e. The molecule has 32 heavy (non-hydrogen) atoms. The maximum absolute atomic E-state index is 12.9. The number of nitrogens with one attached hydrogen (secondary N) is 2. The minimum atomic E-state index is -0.865. The SMILES string of the molecule is CC(C)[C@@H]1NC(=O)c2cc(c[n+](C)c2)C(=O)N[C@@H](C(C)C)C(=O)OCCOCCOC1=O. The van der Waals surface area contributed by atoms with Gasteiger partial charge in [-0.05, 0) is 17.9 Å². The van der Waals surface area contributed by atoms with E-state index in [1.165, 1.54) is 18.5 Å². The Balaban J connectivity index is 2.36. The van der Waals surface area contributed by atoms with Gasteiger partial charge in [0.15, 0.2) is 12.4 Å². The van der Waals surface area contributed by atoms with Gasteiger partial charge in [-0.25, -0.2) is 14.2 Å². The van der Waals surface area contributed by atoms with Gasteiger partial charge in [-0.1, -0.05) is 27.7 Å². The van der Waals surface area contributed by atoms with Crippen molar-refractivity contribution in [2.24, 2.45) is 18.9 Å². The molecule has 2 rings (SSSR count). The van der Waals surface area contributed by atoms with Crippen molar-refractivity contribution >= 4 is 23.8 Å². The highest BCUT2D eigenvalue weighted by Gasteiger charge is 2.29. The Bertz CT molecular complexity index is 790. The first-order valence-electron chi connectivity index (χ1n) is 10.6. The number of carbonyl (C=O) groups excluding carboxylic acids is 4. The number of fused-ring (bicyclic) bond motifs is 2. The van der Waals surface area contributed by atoms with Gasteiger partial charge in [-0.2, -0.15) is 0 Å². The van der Waals surface area contributed by atoms with Gasteiger partial charge in [-0.15, -0.1) is 0 Å². The molecular weight excluding hydrogens is 418 g/mol. The standard InChI is InChI=1S/C22H31N3O7/c1-13(2)17-21(28)31-8-6-30-7-9-32-22(29)18(14(3)4)24-20(27)16-10-15(19(26)23-17)11-25(5)12-16/h10-14,17-18H,6-9H2,1-5H3,(H-,23,24,26,27)/p+1/t17-,18-/m0/s1. The van der Waals surface area contributed by atoms with Crippen LogP contribution in [0.25, 0.3) is 0 Å². The third-order valence-corrected chi connectivity index (χ3v) is 4.88. The molecule has 2 bridgehead atoms. The second-order valence-electron chi connectivity index (χ2n) is 8.32. The van der Waals surface area contributed by atoms with E-state index in [9.17, 15) is 19.2 Å². The van der Waals surface area contributed by atoms with Crippen molar-refractivity contribution in [2.75, 3.05) is 26.4 Å². The van der Waals surface area contributed by atoms with E-state index in [-0.39, 0.29) is 49.4 Å². The Morgan fingerprint density at radius 3 is 1.56 bits per heavy atom. The number of pyridine rings is 1. The number of ether oxygens (including phenoxy) is 3. The van der Waals surface area contributed by atoms with Crippen LogP contribution in [0.5, 0.6) is 0 Å². The average Bonchev–Trinajstić information content (AvgIpc) is 2.72. The molecular formula is C22H32N3O7+. The Morgan fingerprint density at radius 1 is 0.781 bits per heavy atom. The zero-order valence-corrected chi connectivity index (χ0v) is 19.2. The topological polar surface area (TPSA) is 124 Å². The largest absolute Gasteiger partial charge is 0.462 e. The van der Waals surface area contributed by atoms with Gasteiger partial charge in [0.05, 0.1) is 13.2 Å². The molecule has 0 fully saturated rings. The lowest BCUT2D eigenvalue weighted by atomic mass is 10.0. The molecule has 2 heterocycles. The number of hydrogen-bond acceptors (Lipinski definition) is 7. The van der Waals surface area contributed by atoms with Crippen LogP contribution < -0.4 is 15.2 Å². The Kier molecular flexibility index (Phi) is 9.13. The Labute approximate surface area is 187 Å². The van der Waals surface area contributed by atoms with Crippen LogP contribution in [0.3, 0.4) is 0 Å². The first-order chi connectivity index (χ1) is 15.1. The number of carbonyl (C=O) groups is 4. The van der Waals surface area contributed by atoms with E-state index < -0.39 is 35.8 Å². The molecule has 0 aromatic carbocycles. The summed E-state index contributed by atoms with van der Waals surface area (Å²) in [5, 5.41) is 5.36. The third-order valence-electron chi connectivity index (χ3n) is 4.88. The second-order valence-corrected chi connectivity index (χ2v) is 8.32. The molecule has 0 radical (unpaired) electrons.